The molecule has 5 nitrogen and oxygen atoms in total. The maximum Gasteiger partial charge on any atom is 0.240 e. The average molecular weight is 690 g/mol. The van der Waals surface area contributed by atoms with E-state index in [1.54, 1.807) is 18.2 Å². The summed E-state index contributed by atoms with van der Waals surface area (Å²) in [5, 5.41) is 0.240. The van der Waals surface area contributed by atoms with Crippen LogP contribution < -0.4 is 0 Å². The fourth-order valence-electron chi connectivity index (χ4n) is 6.38. The molecule has 11 aromatic rings. The molecule has 0 spiro atoms. The molecule has 0 bridgehead atoms. The molecular formula is C45H27N5S. The molecular weight excluding hydrogens is 643 g/mol. The van der Waals surface area contributed by atoms with E-state index < -0.39 is 160 Å². The summed E-state index contributed by atoms with van der Waals surface area (Å²) in [7, 11) is 0. The first-order valence-corrected chi connectivity index (χ1v) is 16.2. The zero-order valence-electron chi connectivity index (χ0n) is 45.7. The molecule has 0 N–H and O–H groups in total. The Balaban J connectivity index is 1.39. The molecule has 0 saturated carbocycles. The number of thiophene rings is 1. The van der Waals surface area contributed by atoms with Crippen molar-refractivity contribution in [3.8, 4) is 34.4 Å². The second kappa shape index (κ2) is 10.9. The molecule has 0 unspecified atom stereocenters. The van der Waals surface area contributed by atoms with Gasteiger partial charge in [-0.1, -0.05) is 115 Å². The second-order valence-electron chi connectivity index (χ2n) is 11.4. The molecule has 6 heteroatoms. The number of aromatic nitrogens is 5. The van der Waals surface area contributed by atoms with Crippen LogP contribution in [0.15, 0.2) is 163 Å². The van der Waals surface area contributed by atoms with Crippen LogP contribution in [0.25, 0.3) is 98.2 Å². The van der Waals surface area contributed by atoms with Crippen molar-refractivity contribution in [2.45, 2.75) is 0 Å². The van der Waals surface area contributed by atoms with E-state index in [4.69, 9.17) is 34.1 Å². The van der Waals surface area contributed by atoms with Gasteiger partial charge >= 0.3 is 0 Å². The summed E-state index contributed by atoms with van der Waals surface area (Å²) < 4.78 is 182. The monoisotopic (exact) mass is 689 g/mol. The van der Waals surface area contributed by atoms with Gasteiger partial charge in [0, 0.05) is 47.3 Å². The van der Waals surface area contributed by atoms with Crippen LogP contribution in [0.4, 0.5) is 0 Å². The quantitative estimate of drug-likeness (QED) is 0.185. The van der Waals surface area contributed by atoms with Crippen molar-refractivity contribution in [3.63, 3.8) is 0 Å². The van der Waals surface area contributed by atoms with Gasteiger partial charge in [-0.3, -0.25) is 9.13 Å². The van der Waals surface area contributed by atoms with Crippen molar-refractivity contribution in [3.05, 3.63) is 163 Å². The summed E-state index contributed by atoms with van der Waals surface area (Å²) in [6.07, 6.45) is 0. The fourth-order valence-corrected chi connectivity index (χ4v) is 7.47. The lowest BCUT2D eigenvalue weighted by atomic mass is 10.0. The highest BCUT2D eigenvalue weighted by atomic mass is 32.1. The summed E-state index contributed by atoms with van der Waals surface area (Å²) in [6, 6.07) is -2.07. The van der Waals surface area contributed by atoms with Crippen molar-refractivity contribution in [2.75, 3.05) is 0 Å². The Morgan fingerprint density at radius 1 is 0.431 bits per heavy atom. The zero-order valence-corrected chi connectivity index (χ0v) is 26.5. The van der Waals surface area contributed by atoms with Gasteiger partial charge in [-0.05, 0) is 59.6 Å². The predicted molar refractivity (Wildman–Crippen MR) is 212 cm³/mol. The molecule has 11 rings (SSSR count). The Morgan fingerprint density at radius 2 is 1.00 bits per heavy atom. The Morgan fingerprint density at radius 3 is 1.69 bits per heavy atom. The van der Waals surface area contributed by atoms with Crippen molar-refractivity contribution in [2.24, 2.45) is 0 Å². The molecule has 4 heterocycles. The zero-order chi connectivity index (χ0) is 50.9. The van der Waals surface area contributed by atoms with Crippen LogP contribution in [0, 0.1) is 0 Å². The summed E-state index contributed by atoms with van der Waals surface area (Å²) in [5.74, 6) is -1.30. The van der Waals surface area contributed by atoms with Gasteiger partial charge in [-0.2, -0.15) is 15.0 Å². The maximum absolute atomic E-state index is 9.82. The topological polar surface area (TPSA) is 48.5 Å². The average Bonchev–Trinajstić information content (AvgIpc) is 4.05. The molecule has 0 aliphatic carbocycles. The number of hydrogen-bond donors (Lipinski definition) is 0. The normalized spacial score (nSPS) is 17.4. The molecule has 0 radical (unpaired) electrons. The molecule has 0 atom stereocenters. The standard InChI is InChI=1S/C45H27N5S/c1-2-12-28(13-3-1)29-22-24-34-33-16-6-10-20-39(33)50(40(34)27-29)45-47-43(30-23-25-42-36(26-30)35-17-7-11-21-41(35)51-42)46-44(48-45)49-37-18-8-4-14-31(37)32-15-5-9-19-38(32)49/h1-27H/i1D,2D,3D,4D,5D,6D,8D,9D,10D,12D,13D,14D,15D,16D,18D,19D,20D,22D,24D,27D. The van der Waals surface area contributed by atoms with Crippen molar-refractivity contribution in [1.29, 1.82) is 0 Å². The van der Waals surface area contributed by atoms with E-state index in [9.17, 15) is 8.22 Å². The number of benzene rings is 7. The lowest BCUT2D eigenvalue weighted by molar-refractivity contribution is 0.893. The van der Waals surface area contributed by atoms with Gasteiger partial charge in [0.2, 0.25) is 11.9 Å². The van der Waals surface area contributed by atoms with Gasteiger partial charge in [0.15, 0.2) is 5.82 Å². The van der Waals surface area contributed by atoms with E-state index in [0.717, 1.165) is 29.3 Å². The molecule has 4 aromatic heterocycles. The third-order valence-electron chi connectivity index (χ3n) is 8.59. The van der Waals surface area contributed by atoms with E-state index in [-0.39, 0.29) is 33.0 Å². The van der Waals surface area contributed by atoms with Gasteiger partial charge in [-0.25, -0.2) is 0 Å². The SMILES string of the molecule is [2H]c1c([2H])c([2H])c(-c2c([2H])c([2H])c3c4c([2H])c([2H])c([2H])c([2H])c4n(-c4nc(-c5ccc6sc7ccccc7c6c5)nc(-n5c6c([2H])c([2H])c([2H])c([2H])c6c6c([2H])c([2H])c([2H])c([2H])c65)n4)c3c2[2H])c([2H])c1[2H]. The van der Waals surface area contributed by atoms with E-state index in [0.29, 0.717) is 5.56 Å². The van der Waals surface area contributed by atoms with Crippen molar-refractivity contribution >= 4 is 75.1 Å². The maximum atomic E-state index is 9.82. The highest BCUT2D eigenvalue weighted by Gasteiger charge is 2.21. The predicted octanol–water partition coefficient (Wildman–Crippen LogP) is 11.8. The smallest absolute Gasteiger partial charge is 0.240 e. The van der Waals surface area contributed by atoms with Crippen LogP contribution in [0.1, 0.15) is 27.4 Å². The van der Waals surface area contributed by atoms with Gasteiger partial charge in [-0.15, -0.1) is 11.3 Å². The molecule has 51 heavy (non-hydrogen) atoms. The van der Waals surface area contributed by atoms with Crippen LogP contribution in [0.5, 0.6) is 0 Å². The minimum atomic E-state index is -0.815. The summed E-state index contributed by atoms with van der Waals surface area (Å²) in [5.41, 5.74) is -2.61. The first kappa shape index (κ1) is 15.1. The summed E-state index contributed by atoms with van der Waals surface area (Å²) in [4.78, 5) is 14.5. The van der Waals surface area contributed by atoms with Crippen molar-refractivity contribution < 1.29 is 27.4 Å². The summed E-state index contributed by atoms with van der Waals surface area (Å²) >= 11 is 1.51. The van der Waals surface area contributed by atoms with Crippen LogP contribution in [0.3, 0.4) is 0 Å². The molecule has 0 amide bonds. The fraction of sp³-hybridized carbons (Fsp3) is 0. The van der Waals surface area contributed by atoms with Crippen LogP contribution in [-0.4, -0.2) is 24.1 Å². The number of fused-ring (bicyclic) bond motifs is 9. The number of nitrogens with zero attached hydrogens (tertiary/aromatic N) is 5. The Labute approximate surface area is 324 Å². The van der Waals surface area contributed by atoms with Gasteiger partial charge < -0.3 is 0 Å². The summed E-state index contributed by atoms with van der Waals surface area (Å²) in [6.45, 7) is 0. The first-order valence-electron chi connectivity index (χ1n) is 25.4. The molecule has 7 aromatic carbocycles. The van der Waals surface area contributed by atoms with Gasteiger partial charge in [0.1, 0.15) is 0 Å². The molecule has 0 aliphatic rings. The van der Waals surface area contributed by atoms with E-state index >= 15 is 0 Å². The van der Waals surface area contributed by atoms with Crippen LogP contribution in [0.2, 0.25) is 0 Å². The Hall–Kier alpha value is -6.63. The number of rotatable bonds is 4. The second-order valence-corrected chi connectivity index (χ2v) is 12.5. The minimum absolute atomic E-state index is 0.199. The molecule has 0 fully saturated rings. The Kier molecular flexibility index (Phi) is 3.24. The third kappa shape index (κ3) is 4.30. The molecule has 0 saturated heterocycles. The van der Waals surface area contributed by atoms with E-state index in [1.165, 1.54) is 11.3 Å². The van der Waals surface area contributed by atoms with Crippen LogP contribution >= 0.6 is 11.3 Å². The largest absolute Gasteiger partial charge is 0.278 e. The van der Waals surface area contributed by atoms with Crippen molar-refractivity contribution in [1.82, 2.24) is 24.1 Å². The first-order chi connectivity index (χ1) is 33.6. The number of hydrogen-bond acceptors (Lipinski definition) is 4. The third-order valence-corrected chi connectivity index (χ3v) is 9.74. The molecule has 238 valence electrons. The van der Waals surface area contributed by atoms with Crippen LogP contribution in [-0.2, 0) is 0 Å². The molecule has 0 aliphatic heterocycles. The van der Waals surface area contributed by atoms with Gasteiger partial charge in [0.05, 0.1) is 49.5 Å². The Bertz CT molecular complexity index is 4210. The lowest BCUT2D eigenvalue weighted by Gasteiger charge is -2.13. The van der Waals surface area contributed by atoms with Gasteiger partial charge in [0.25, 0.3) is 0 Å². The van der Waals surface area contributed by atoms with E-state index in [1.807, 2.05) is 24.3 Å². The van der Waals surface area contributed by atoms with E-state index in [2.05, 4.69) is 0 Å². The minimum Gasteiger partial charge on any atom is -0.278 e. The lowest BCUT2D eigenvalue weighted by Crippen LogP contribution is -2.10. The highest BCUT2D eigenvalue weighted by molar-refractivity contribution is 7.25. The highest BCUT2D eigenvalue weighted by Crippen LogP contribution is 2.38. The number of para-hydroxylation sites is 3.